The minimum atomic E-state index is -0.940. The Labute approximate surface area is 133 Å². The molecule has 0 spiro atoms. The number of benzene rings is 1. The number of rotatable bonds is 13. The highest BCUT2D eigenvalue weighted by Gasteiger charge is 2.09. The van der Waals surface area contributed by atoms with E-state index >= 15 is 0 Å². The Morgan fingerprint density at radius 2 is 1.45 bits per heavy atom. The Morgan fingerprint density at radius 3 is 2.05 bits per heavy atom. The van der Waals surface area contributed by atoms with Gasteiger partial charge in [-0.05, 0) is 31.5 Å². The van der Waals surface area contributed by atoms with Crippen molar-refractivity contribution in [2.45, 2.75) is 57.8 Å². The van der Waals surface area contributed by atoms with Crippen LogP contribution in [0.1, 0.15) is 68.1 Å². The highest BCUT2D eigenvalue weighted by atomic mass is 16.5. The van der Waals surface area contributed by atoms with Crippen LogP contribution in [0.2, 0.25) is 0 Å². The summed E-state index contributed by atoms with van der Waals surface area (Å²) in [6.07, 6.45) is 10.9. The first kappa shape index (κ1) is 18.5. The molecular weight excluding hydrogens is 278 g/mol. The molecule has 1 aromatic carbocycles. The van der Waals surface area contributed by atoms with E-state index in [-0.39, 0.29) is 5.56 Å². The highest BCUT2D eigenvalue weighted by molar-refractivity contribution is 5.90. The zero-order valence-corrected chi connectivity index (χ0v) is 13.4. The van der Waals surface area contributed by atoms with Crippen molar-refractivity contribution in [2.75, 3.05) is 13.2 Å². The van der Waals surface area contributed by atoms with Gasteiger partial charge in [0.25, 0.3) is 0 Å². The van der Waals surface area contributed by atoms with Gasteiger partial charge in [0.05, 0.1) is 6.61 Å². The number of nitrogens with two attached hydrogens (primary N) is 1. The van der Waals surface area contributed by atoms with E-state index in [9.17, 15) is 4.79 Å². The lowest BCUT2D eigenvalue weighted by molar-refractivity contribution is 0.0692. The second kappa shape index (κ2) is 12.0. The zero-order valence-electron chi connectivity index (χ0n) is 13.4. The maximum atomic E-state index is 11.0. The lowest BCUT2D eigenvalue weighted by Gasteiger charge is -2.08. The van der Waals surface area contributed by atoms with Gasteiger partial charge in [0.1, 0.15) is 11.3 Å². The minimum Gasteiger partial charge on any atom is -0.493 e. The van der Waals surface area contributed by atoms with Crippen LogP contribution in [0.3, 0.4) is 0 Å². The Hall–Kier alpha value is -1.55. The molecule has 1 rings (SSSR count). The Bertz CT molecular complexity index is 421. The molecule has 3 N–H and O–H groups in total. The third kappa shape index (κ3) is 8.03. The number of para-hydroxylation sites is 1. The molecule has 0 saturated carbocycles. The predicted molar refractivity (Wildman–Crippen MR) is 89.5 cm³/mol. The molecular formula is C18H29NO3. The fourth-order valence-corrected chi connectivity index (χ4v) is 2.44. The SMILES string of the molecule is NCCCCCCCCCCCOc1ccccc1C(=O)O. The molecule has 4 heteroatoms. The van der Waals surface area contributed by atoms with E-state index in [1.54, 1.807) is 24.3 Å². The number of ether oxygens (including phenoxy) is 1. The first-order chi connectivity index (χ1) is 10.8. The molecule has 0 saturated heterocycles. The summed E-state index contributed by atoms with van der Waals surface area (Å²) in [7, 11) is 0. The molecule has 0 unspecified atom stereocenters. The lowest BCUT2D eigenvalue weighted by atomic mass is 10.1. The Morgan fingerprint density at radius 1 is 0.909 bits per heavy atom. The van der Waals surface area contributed by atoms with E-state index in [4.69, 9.17) is 15.6 Å². The van der Waals surface area contributed by atoms with Gasteiger partial charge in [0.15, 0.2) is 0 Å². The second-order valence-electron chi connectivity index (χ2n) is 5.62. The van der Waals surface area contributed by atoms with E-state index in [2.05, 4.69) is 0 Å². The molecule has 0 amide bonds. The van der Waals surface area contributed by atoms with Crippen molar-refractivity contribution in [3.8, 4) is 5.75 Å². The number of unbranched alkanes of at least 4 members (excludes halogenated alkanes) is 8. The lowest BCUT2D eigenvalue weighted by Crippen LogP contribution is -2.04. The normalized spacial score (nSPS) is 10.6. The Kier molecular flexibility index (Phi) is 10.1. The van der Waals surface area contributed by atoms with Crippen molar-refractivity contribution >= 4 is 5.97 Å². The van der Waals surface area contributed by atoms with Gasteiger partial charge in [-0.2, -0.15) is 0 Å². The van der Waals surface area contributed by atoms with Crippen molar-refractivity contribution in [3.05, 3.63) is 29.8 Å². The fraction of sp³-hybridized carbons (Fsp3) is 0.611. The van der Waals surface area contributed by atoms with Gasteiger partial charge < -0.3 is 15.6 Å². The summed E-state index contributed by atoms with van der Waals surface area (Å²) in [4.78, 5) is 11.0. The number of aromatic carboxylic acids is 1. The summed E-state index contributed by atoms with van der Waals surface area (Å²) in [6.45, 7) is 1.39. The first-order valence-corrected chi connectivity index (χ1v) is 8.41. The standard InChI is InChI=1S/C18H29NO3/c19-14-10-6-4-2-1-3-5-7-11-15-22-17-13-9-8-12-16(17)18(20)21/h8-9,12-13H,1-7,10-11,14-15,19H2,(H,20,21). The van der Waals surface area contributed by atoms with E-state index in [1.807, 2.05) is 0 Å². The van der Waals surface area contributed by atoms with Crippen LogP contribution in [0.25, 0.3) is 0 Å². The maximum absolute atomic E-state index is 11.0. The molecule has 0 aliphatic heterocycles. The van der Waals surface area contributed by atoms with Crippen LogP contribution < -0.4 is 10.5 Å². The molecule has 0 fully saturated rings. The number of hydrogen-bond acceptors (Lipinski definition) is 3. The van der Waals surface area contributed by atoms with Crippen molar-refractivity contribution in [2.24, 2.45) is 5.73 Å². The van der Waals surface area contributed by atoms with Crippen LogP contribution in [0, 0.1) is 0 Å². The Balaban J connectivity index is 2.01. The summed E-state index contributed by atoms with van der Waals surface area (Å²) in [5, 5.41) is 9.06. The van der Waals surface area contributed by atoms with Crippen LogP contribution >= 0.6 is 0 Å². The predicted octanol–water partition coefficient (Wildman–Crippen LogP) is 4.23. The molecule has 124 valence electrons. The first-order valence-electron chi connectivity index (χ1n) is 8.41. The van der Waals surface area contributed by atoms with Crippen LogP contribution in [0.15, 0.2) is 24.3 Å². The van der Waals surface area contributed by atoms with Gasteiger partial charge >= 0.3 is 5.97 Å². The number of hydrogen-bond donors (Lipinski definition) is 2. The number of carboxylic acid groups (broad SMARTS) is 1. The molecule has 1 aromatic rings. The van der Waals surface area contributed by atoms with Crippen molar-refractivity contribution < 1.29 is 14.6 Å². The molecule has 0 radical (unpaired) electrons. The smallest absolute Gasteiger partial charge is 0.339 e. The third-order valence-electron chi connectivity index (χ3n) is 3.72. The number of carbonyl (C=O) groups is 1. The monoisotopic (exact) mass is 307 g/mol. The van der Waals surface area contributed by atoms with Gasteiger partial charge in [-0.25, -0.2) is 4.79 Å². The highest BCUT2D eigenvalue weighted by Crippen LogP contribution is 2.18. The summed E-state index contributed by atoms with van der Waals surface area (Å²) < 4.78 is 5.58. The van der Waals surface area contributed by atoms with Gasteiger partial charge in [0.2, 0.25) is 0 Å². The largest absolute Gasteiger partial charge is 0.493 e. The zero-order chi connectivity index (χ0) is 16.0. The average Bonchev–Trinajstić information content (AvgIpc) is 2.53. The number of carboxylic acids is 1. The van der Waals surface area contributed by atoms with Crippen LogP contribution in [-0.4, -0.2) is 24.2 Å². The summed E-state index contributed by atoms with van der Waals surface area (Å²) >= 11 is 0. The summed E-state index contributed by atoms with van der Waals surface area (Å²) in [5.74, 6) is -0.472. The quantitative estimate of drug-likeness (QED) is 0.535. The van der Waals surface area contributed by atoms with E-state index in [1.165, 1.54) is 38.5 Å². The molecule has 0 atom stereocenters. The van der Waals surface area contributed by atoms with Gasteiger partial charge in [-0.15, -0.1) is 0 Å². The fourth-order valence-electron chi connectivity index (χ4n) is 2.44. The van der Waals surface area contributed by atoms with E-state index in [0.717, 1.165) is 25.8 Å². The second-order valence-corrected chi connectivity index (χ2v) is 5.62. The molecule has 0 aliphatic rings. The third-order valence-corrected chi connectivity index (χ3v) is 3.72. The molecule has 0 heterocycles. The van der Waals surface area contributed by atoms with Crippen LogP contribution in [-0.2, 0) is 0 Å². The van der Waals surface area contributed by atoms with Crippen molar-refractivity contribution in [1.82, 2.24) is 0 Å². The molecule has 0 bridgehead atoms. The summed E-state index contributed by atoms with van der Waals surface area (Å²) in [5.41, 5.74) is 5.70. The molecule has 22 heavy (non-hydrogen) atoms. The molecule has 0 aromatic heterocycles. The van der Waals surface area contributed by atoms with Crippen LogP contribution in [0.5, 0.6) is 5.75 Å². The maximum Gasteiger partial charge on any atom is 0.339 e. The van der Waals surface area contributed by atoms with Gasteiger partial charge in [0, 0.05) is 0 Å². The van der Waals surface area contributed by atoms with Crippen molar-refractivity contribution in [1.29, 1.82) is 0 Å². The average molecular weight is 307 g/mol. The van der Waals surface area contributed by atoms with Gasteiger partial charge in [-0.1, -0.05) is 57.1 Å². The topological polar surface area (TPSA) is 72.5 Å². The molecule has 0 aliphatic carbocycles. The van der Waals surface area contributed by atoms with E-state index < -0.39 is 5.97 Å². The minimum absolute atomic E-state index is 0.236. The molecule has 4 nitrogen and oxygen atoms in total. The van der Waals surface area contributed by atoms with E-state index in [0.29, 0.717) is 12.4 Å². The summed E-state index contributed by atoms with van der Waals surface area (Å²) in [6, 6.07) is 6.80. The van der Waals surface area contributed by atoms with Crippen LogP contribution in [0.4, 0.5) is 0 Å². The van der Waals surface area contributed by atoms with Crippen molar-refractivity contribution in [3.63, 3.8) is 0 Å². The van der Waals surface area contributed by atoms with Gasteiger partial charge in [-0.3, -0.25) is 0 Å².